The van der Waals surface area contributed by atoms with Gasteiger partial charge in [0.2, 0.25) is 0 Å². The van der Waals surface area contributed by atoms with Crippen LogP contribution in [-0.4, -0.2) is 37.1 Å². The standard InChI is InChI=1S/C6H10NO.Na/c8-6-4-2-1-3-5-7-6;/h5H,1-4H2,(H,7,8);. The van der Waals surface area contributed by atoms with Gasteiger partial charge in [-0.15, -0.1) is 0 Å². The average molecular weight is 135 g/mol. The molecule has 1 heterocycles. The summed E-state index contributed by atoms with van der Waals surface area (Å²) in [4.78, 5) is 10.8. The van der Waals surface area contributed by atoms with Gasteiger partial charge in [0.05, 0.1) is 0 Å². The van der Waals surface area contributed by atoms with Gasteiger partial charge < -0.3 is 0 Å². The molecule has 1 N–H and O–H groups in total. The van der Waals surface area contributed by atoms with Crippen LogP contribution in [0.25, 0.3) is 0 Å². The number of amides is 1. The van der Waals surface area contributed by atoms with Crippen molar-refractivity contribution in [2.24, 2.45) is 0 Å². The minimum absolute atomic E-state index is 0.257. The summed E-state index contributed by atoms with van der Waals surface area (Å²) >= 11 is 1.10. The minimum atomic E-state index is 0.257. The molecule has 0 radical (unpaired) electrons. The van der Waals surface area contributed by atoms with E-state index in [1.807, 2.05) is 0 Å². The van der Waals surface area contributed by atoms with Crippen LogP contribution < -0.4 is 5.32 Å². The molecule has 1 rings (SSSR count). The van der Waals surface area contributed by atoms with Crippen LogP contribution in [0.3, 0.4) is 0 Å². The van der Waals surface area contributed by atoms with Crippen LogP contribution >= 0.6 is 0 Å². The van der Waals surface area contributed by atoms with Gasteiger partial charge in [-0.2, -0.15) is 0 Å². The fourth-order valence-corrected chi connectivity index (χ4v) is 1.89. The Hall–Kier alpha value is 0.470. The second-order valence-electron chi connectivity index (χ2n) is 2.71. The third-order valence-electron chi connectivity index (χ3n) is 1.70. The van der Waals surface area contributed by atoms with E-state index in [1.165, 1.54) is 12.8 Å². The molecule has 0 saturated carbocycles. The zero-order valence-electron chi connectivity index (χ0n) is 5.81. The first-order valence-electron chi connectivity index (χ1n) is 3.58. The monoisotopic (exact) mass is 135 g/mol. The number of nitrogens with one attached hydrogen (secondary N) is 1. The number of hydrogen-bond donors (Lipinski definition) is 1. The Bertz CT molecular complexity index is 116. The van der Waals surface area contributed by atoms with Gasteiger partial charge in [0.15, 0.2) is 0 Å². The zero-order valence-corrected chi connectivity index (χ0v) is 7.81. The van der Waals surface area contributed by atoms with Crippen molar-refractivity contribution in [3.63, 3.8) is 0 Å². The maximum absolute atomic E-state index is 10.8. The van der Waals surface area contributed by atoms with Gasteiger partial charge in [0.25, 0.3) is 0 Å². The predicted molar refractivity (Wildman–Crippen MR) is 36.2 cm³/mol. The predicted octanol–water partition coefficient (Wildman–Crippen LogP) is 0.171. The summed E-state index contributed by atoms with van der Waals surface area (Å²) in [5.41, 5.74) is 0. The molecule has 0 aliphatic carbocycles. The molecule has 3 heteroatoms. The summed E-state index contributed by atoms with van der Waals surface area (Å²) in [6.45, 7) is 0. The van der Waals surface area contributed by atoms with Crippen LogP contribution in [0, 0.1) is 0 Å². The van der Waals surface area contributed by atoms with E-state index in [1.54, 1.807) is 0 Å². The van der Waals surface area contributed by atoms with Crippen molar-refractivity contribution in [3.05, 3.63) is 0 Å². The Labute approximate surface area is 72.8 Å². The molecule has 0 aromatic rings. The van der Waals surface area contributed by atoms with E-state index in [0.29, 0.717) is 3.29 Å². The molecule has 46 valence electrons. The molecule has 1 unspecified atom stereocenters. The summed E-state index contributed by atoms with van der Waals surface area (Å²) in [5, 5.41) is 2.96. The fraction of sp³-hybridized carbons (Fsp3) is 0.833. The Morgan fingerprint density at radius 2 is 2.33 bits per heavy atom. The van der Waals surface area contributed by atoms with Crippen molar-refractivity contribution >= 4 is 33.8 Å². The van der Waals surface area contributed by atoms with Crippen LogP contribution in [-0.2, 0) is 4.79 Å². The van der Waals surface area contributed by atoms with E-state index in [-0.39, 0.29) is 5.91 Å². The van der Waals surface area contributed by atoms with Crippen molar-refractivity contribution in [1.29, 1.82) is 0 Å². The number of carbonyl (C=O) groups is 1. The number of carbonyl (C=O) groups excluding carboxylic acids is 1. The molecule has 2 nitrogen and oxygen atoms in total. The molecule has 0 aromatic carbocycles. The summed E-state index contributed by atoms with van der Waals surface area (Å²) < 4.78 is 0.542. The Morgan fingerprint density at radius 3 is 3.11 bits per heavy atom. The van der Waals surface area contributed by atoms with Gasteiger partial charge in [-0.05, 0) is 0 Å². The molecule has 0 spiro atoms. The van der Waals surface area contributed by atoms with Gasteiger partial charge in [-0.25, -0.2) is 0 Å². The van der Waals surface area contributed by atoms with Gasteiger partial charge >= 0.3 is 72.9 Å². The van der Waals surface area contributed by atoms with E-state index >= 15 is 0 Å². The van der Waals surface area contributed by atoms with Crippen molar-refractivity contribution in [3.8, 4) is 0 Å². The van der Waals surface area contributed by atoms with Gasteiger partial charge in [-0.3, -0.25) is 0 Å². The molecule has 1 amide bonds. The molecule has 0 aromatic heterocycles. The van der Waals surface area contributed by atoms with E-state index in [4.69, 9.17) is 0 Å². The molecule has 1 fully saturated rings. The molecule has 0 bridgehead atoms. The maximum atomic E-state index is 10.8. The van der Waals surface area contributed by atoms with Crippen molar-refractivity contribution in [1.82, 2.24) is 5.32 Å². The van der Waals surface area contributed by atoms with Gasteiger partial charge in [0.1, 0.15) is 0 Å². The quantitative estimate of drug-likeness (QED) is 0.471. The van der Waals surface area contributed by atoms with Crippen molar-refractivity contribution < 1.29 is 4.79 Å². The number of rotatable bonds is 0. The average Bonchev–Trinajstić information content (AvgIpc) is 1.93. The Balaban J connectivity index is 2.37. The summed E-state index contributed by atoms with van der Waals surface area (Å²) in [7, 11) is 0. The van der Waals surface area contributed by atoms with Crippen LogP contribution in [0.15, 0.2) is 0 Å². The van der Waals surface area contributed by atoms with E-state index in [9.17, 15) is 4.79 Å². The summed E-state index contributed by atoms with van der Waals surface area (Å²) in [6, 6.07) is 0. The molecule has 1 aliphatic heterocycles. The topological polar surface area (TPSA) is 29.1 Å². The number of hydrogen-bond acceptors (Lipinski definition) is 1. The molecular weight excluding hydrogens is 125 g/mol. The Morgan fingerprint density at radius 1 is 1.56 bits per heavy atom. The molecule has 1 saturated heterocycles. The van der Waals surface area contributed by atoms with Gasteiger partial charge in [-0.1, -0.05) is 0 Å². The molecule has 1 aliphatic rings. The summed E-state index contributed by atoms with van der Waals surface area (Å²) in [6.07, 6.45) is 4.27. The van der Waals surface area contributed by atoms with Crippen molar-refractivity contribution in [2.45, 2.75) is 29.0 Å². The molecule has 1 atom stereocenters. The summed E-state index contributed by atoms with van der Waals surface area (Å²) in [5.74, 6) is 0.257. The fourth-order valence-electron chi connectivity index (χ4n) is 1.16. The van der Waals surface area contributed by atoms with Crippen LogP contribution in [0.1, 0.15) is 25.7 Å². The molecular formula is C6H10NNaO. The van der Waals surface area contributed by atoms with Crippen LogP contribution in [0.2, 0.25) is 0 Å². The second-order valence-corrected chi connectivity index (χ2v) is 4.11. The van der Waals surface area contributed by atoms with E-state index in [2.05, 4.69) is 5.32 Å². The zero-order chi connectivity index (χ0) is 6.69. The SMILES string of the molecule is O=C1CCCC[CH]([Na])N1. The van der Waals surface area contributed by atoms with Crippen LogP contribution in [0.5, 0.6) is 0 Å². The van der Waals surface area contributed by atoms with Crippen LogP contribution in [0.4, 0.5) is 0 Å². The van der Waals surface area contributed by atoms with E-state index < -0.39 is 0 Å². The normalized spacial score (nSPS) is 29.1. The first-order valence-corrected chi connectivity index (χ1v) is 4.74. The van der Waals surface area contributed by atoms with Crippen molar-refractivity contribution in [2.75, 3.05) is 0 Å². The Kier molecular flexibility index (Phi) is 3.02. The second kappa shape index (κ2) is 3.59. The molecule has 9 heavy (non-hydrogen) atoms. The van der Waals surface area contributed by atoms with E-state index in [0.717, 1.165) is 40.8 Å². The van der Waals surface area contributed by atoms with Gasteiger partial charge in [0, 0.05) is 0 Å². The first kappa shape index (κ1) is 7.58. The first-order chi connectivity index (χ1) is 4.29. The third-order valence-corrected chi connectivity index (χ3v) is 2.56. The third kappa shape index (κ3) is 2.70.